The van der Waals surface area contributed by atoms with Crippen molar-refractivity contribution in [3.63, 3.8) is 0 Å². The van der Waals surface area contributed by atoms with Crippen molar-refractivity contribution in [2.45, 2.75) is 39.3 Å². The number of ether oxygens (including phenoxy) is 1. The quantitative estimate of drug-likeness (QED) is 0.489. The SMILES string of the molecule is CCN(Cc1ccc(-c2nc(C(=O)NC3CC3)co2)cc1Oc1ccc(Cl)c(F)c1)C(C)=O. The molecular formula is C24H23ClFN3O4. The standard InChI is InChI=1S/C24H23ClFN3O4/c1-3-29(14(2)30)12-16-5-4-15(10-22(16)33-18-8-9-19(25)20(26)11-18)24-28-21(13-32-24)23(31)27-17-6-7-17/h4-5,8-11,13,17H,3,6-7,12H2,1-2H3,(H,27,31). The predicted octanol–water partition coefficient (Wildman–Crippen LogP) is 5.19. The zero-order valence-electron chi connectivity index (χ0n) is 18.2. The van der Waals surface area contributed by atoms with E-state index < -0.39 is 5.82 Å². The summed E-state index contributed by atoms with van der Waals surface area (Å²) in [4.78, 5) is 30.1. The van der Waals surface area contributed by atoms with E-state index in [9.17, 15) is 14.0 Å². The van der Waals surface area contributed by atoms with Crippen LogP contribution in [0.2, 0.25) is 5.02 Å². The van der Waals surface area contributed by atoms with Gasteiger partial charge in [-0.2, -0.15) is 0 Å². The molecule has 1 aliphatic rings. The van der Waals surface area contributed by atoms with Gasteiger partial charge in [-0.3, -0.25) is 9.59 Å². The average molecular weight is 472 g/mol. The Labute approximate surface area is 195 Å². The number of nitrogens with zero attached hydrogens (tertiary/aromatic N) is 2. The first-order chi connectivity index (χ1) is 15.8. The van der Waals surface area contributed by atoms with Crippen LogP contribution in [0, 0.1) is 5.82 Å². The first-order valence-electron chi connectivity index (χ1n) is 10.6. The second kappa shape index (κ2) is 9.62. The van der Waals surface area contributed by atoms with E-state index in [-0.39, 0.29) is 40.2 Å². The van der Waals surface area contributed by atoms with Crippen molar-refractivity contribution in [3.8, 4) is 23.0 Å². The second-order valence-electron chi connectivity index (χ2n) is 7.82. The van der Waals surface area contributed by atoms with Gasteiger partial charge >= 0.3 is 0 Å². The molecule has 0 aliphatic heterocycles. The van der Waals surface area contributed by atoms with E-state index >= 15 is 0 Å². The van der Waals surface area contributed by atoms with Gasteiger partial charge in [-0.25, -0.2) is 9.37 Å². The monoisotopic (exact) mass is 471 g/mol. The fourth-order valence-electron chi connectivity index (χ4n) is 3.23. The Morgan fingerprint density at radius 2 is 2.06 bits per heavy atom. The van der Waals surface area contributed by atoms with E-state index in [1.54, 1.807) is 29.2 Å². The maximum Gasteiger partial charge on any atom is 0.273 e. The highest BCUT2D eigenvalue weighted by atomic mass is 35.5. The Hall–Kier alpha value is -3.39. The van der Waals surface area contributed by atoms with Crippen LogP contribution >= 0.6 is 11.6 Å². The molecule has 7 nitrogen and oxygen atoms in total. The van der Waals surface area contributed by atoms with Gasteiger partial charge in [-0.05, 0) is 44.0 Å². The van der Waals surface area contributed by atoms with Gasteiger partial charge < -0.3 is 19.4 Å². The molecule has 0 unspecified atom stereocenters. The van der Waals surface area contributed by atoms with Crippen LogP contribution in [0.4, 0.5) is 4.39 Å². The van der Waals surface area contributed by atoms with Crippen molar-refractivity contribution in [2.75, 3.05) is 6.54 Å². The molecule has 2 amide bonds. The Balaban J connectivity index is 1.65. The molecule has 0 saturated heterocycles. The summed E-state index contributed by atoms with van der Waals surface area (Å²) in [6.45, 7) is 4.20. The number of carbonyl (C=O) groups is 2. The van der Waals surface area contributed by atoms with Crippen LogP contribution in [0.5, 0.6) is 11.5 Å². The molecule has 0 atom stereocenters. The van der Waals surface area contributed by atoms with Gasteiger partial charge in [-0.1, -0.05) is 17.7 Å². The van der Waals surface area contributed by atoms with Crippen LogP contribution < -0.4 is 10.1 Å². The van der Waals surface area contributed by atoms with Gasteiger partial charge in [0.2, 0.25) is 11.8 Å². The maximum absolute atomic E-state index is 13.9. The van der Waals surface area contributed by atoms with Crippen molar-refractivity contribution < 1.29 is 23.1 Å². The van der Waals surface area contributed by atoms with Crippen molar-refractivity contribution in [3.05, 3.63) is 64.8 Å². The molecule has 0 radical (unpaired) electrons. The van der Waals surface area contributed by atoms with E-state index in [4.69, 9.17) is 20.8 Å². The highest BCUT2D eigenvalue weighted by Gasteiger charge is 2.25. The third kappa shape index (κ3) is 5.51. The molecular weight excluding hydrogens is 449 g/mol. The molecule has 0 spiro atoms. The number of amides is 2. The molecule has 1 saturated carbocycles. The molecule has 1 fully saturated rings. The normalized spacial score (nSPS) is 13.0. The smallest absolute Gasteiger partial charge is 0.273 e. The first-order valence-corrected chi connectivity index (χ1v) is 11.0. The van der Waals surface area contributed by atoms with Crippen molar-refractivity contribution >= 4 is 23.4 Å². The zero-order valence-corrected chi connectivity index (χ0v) is 19.0. The lowest BCUT2D eigenvalue weighted by Crippen LogP contribution is -2.27. The lowest BCUT2D eigenvalue weighted by atomic mass is 10.1. The van der Waals surface area contributed by atoms with Crippen LogP contribution in [0.15, 0.2) is 47.1 Å². The number of oxazole rings is 1. The van der Waals surface area contributed by atoms with E-state index in [0.29, 0.717) is 30.0 Å². The molecule has 0 bridgehead atoms. The molecule has 3 aromatic rings. The average Bonchev–Trinajstić information content (AvgIpc) is 3.46. The van der Waals surface area contributed by atoms with Crippen molar-refractivity contribution in [1.29, 1.82) is 0 Å². The Morgan fingerprint density at radius 3 is 2.73 bits per heavy atom. The van der Waals surface area contributed by atoms with E-state index in [2.05, 4.69) is 10.3 Å². The molecule has 1 aliphatic carbocycles. The summed E-state index contributed by atoms with van der Waals surface area (Å²) in [7, 11) is 0. The largest absolute Gasteiger partial charge is 0.457 e. The summed E-state index contributed by atoms with van der Waals surface area (Å²) < 4.78 is 25.4. The number of hydrogen-bond acceptors (Lipinski definition) is 5. The minimum absolute atomic E-state index is 0.0122. The summed E-state index contributed by atoms with van der Waals surface area (Å²) in [5.74, 6) is -0.0751. The second-order valence-corrected chi connectivity index (χ2v) is 8.23. The summed E-state index contributed by atoms with van der Waals surface area (Å²) >= 11 is 5.78. The summed E-state index contributed by atoms with van der Waals surface area (Å²) in [6, 6.07) is 9.60. The number of carbonyl (C=O) groups excluding carboxylic acids is 2. The molecule has 1 heterocycles. The van der Waals surface area contributed by atoms with E-state index in [0.717, 1.165) is 12.8 Å². The van der Waals surface area contributed by atoms with Gasteiger partial charge in [-0.15, -0.1) is 0 Å². The first kappa shape index (κ1) is 22.8. The topological polar surface area (TPSA) is 84.7 Å². The summed E-state index contributed by atoms with van der Waals surface area (Å²) in [6.07, 6.45) is 3.25. The Kier molecular flexibility index (Phi) is 6.65. The van der Waals surface area contributed by atoms with E-state index in [1.165, 1.54) is 25.3 Å². The Morgan fingerprint density at radius 1 is 1.27 bits per heavy atom. The fourth-order valence-corrected chi connectivity index (χ4v) is 3.35. The minimum Gasteiger partial charge on any atom is -0.457 e. The minimum atomic E-state index is -0.607. The lowest BCUT2D eigenvalue weighted by molar-refractivity contribution is -0.129. The van der Waals surface area contributed by atoms with Crippen LogP contribution in [0.25, 0.3) is 11.5 Å². The maximum atomic E-state index is 13.9. The number of halogens is 2. The number of nitrogens with one attached hydrogen (secondary N) is 1. The molecule has 1 aromatic heterocycles. The van der Waals surface area contributed by atoms with Gasteiger partial charge in [0.05, 0.1) is 5.02 Å². The van der Waals surface area contributed by atoms with Gasteiger partial charge in [0.25, 0.3) is 5.91 Å². The fraction of sp³-hybridized carbons (Fsp3) is 0.292. The molecule has 9 heteroatoms. The molecule has 4 rings (SSSR count). The number of rotatable bonds is 8. The van der Waals surface area contributed by atoms with Crippen LogP contribution in [-0.4, -0.2) is 34.3 Å². The number of hydrogen-bond donors (Lipinski definition) is 1. The van der Waals surface area contributed by atoms with E-state index in [1.807, 2.05) is 6.92 Å². The molecule has 1 N–H and O–H groups in total. The predicted molar refractivity (Wildman–Crippen MR) is 121 cm³/mol. The lowest BCUT2D eigenvalue weighted by Gasteiger charge is -2.21. The van der Waals surface area contributed by atoms with Crippen molar-refractivity contribution in [1.82, 2.24) is 15.2 Å². The Bertz CT molecular complexity index is 1190. The van der Waals surface area contributed by atoms with Crippen LogP contribution in [0.3, 0.4) is 0 Å². The third-order valence-electron chi connectivity index (χ3n) is 5.27. The molecule has 172 valence electrons. The van der Waals surface area contributed by atoms with Crippen molar-refractivity contribution in [2.24, 2.45) is 0 Å². The molecule has 33 heavy (non-hydrogen) atoms. The summed E-state index contributed by atoms with van der Waals surface area (Å²) in [5.41, 5.74) is 1.47. The zero-order chi connectivity index (χ0) is 23.5. The van der Waals surface area contributed by atoms with Gasteiger partial charge in [0, 0.05) is 43.2 Å². The van der Waals surface area contributed by atoms with Gasteiger partial charge in [0.15, 0.2) is 5.69 Å². The highest BCUT2D eigenvalue weighted by molar-refractivity contribution is 6.30. The summed E-state index contributed by atoms with van der Waals surface area (Å²) in [5, 5.41) is 2.85. The third-order valence-corrected chi connectivity index (χ3v) is 5.58. The number of aromatic nitrogens is 1. The molecule has 2 aromatic carbocycles. The van der Waals surface area contributed by atoms with Gasteiger partial charge in [0.1, 0.15) is 23.6 Å². The highest BCUT2D eigenvalue weighted by Crippen LogP contribution is 2.33. The van der Waals surface area contributed by atoms with Crippen LogP contribution in [-0.2, 0) is 11.3 Å². The number of benzene rings is 2. The van der Waals surface area contributed by atoms with Crippen LogP contribution in [0.1, 0.15) is 42.7 Å².